The average molecular weight is 684 g/mol. The molecule has 0 unspecified atom stereocenters. The monoisotopic (exact) mass is 683 g/mol. The number of anilines is 1. The van der Waals surface area contributed by atoms with Gasteiger partial charge in [-0.25, -0.2) is 0 Å². The topological polar surface area (TPSA) is 80.9 Å². The molecule has 6 heteroatoms. The summed E-state index contributed by atoms with van der Waals surface area (Å²) in [7, 11) is 0. The lowest BCUT2D eigenvalue weighted by Gasteiger charge is -2.27. The number of carbonyl (C=O) groups is 2. The summed E-state index contributed by atoms with van der Waals surface area (Å²) >= 11 is 0. The highest BCUT2D eigenvalue weighted by atomic mass is 16.4. The van der Waals surface area contributed by atoms with Crippen LogP contribution < -0.4 is 4.90 Å². The summed E-state index contributed by atoms with van der Waals surface area (Å²) in [5.74, 6) is -1.34. The molecular formula is C45H51N2O4+. The standard InChI is InChI=1S/C45H50N2O4/c1-8-36-42(34-15-11-9-13-29(34)2)44(4,5)38(46(36)27-25-40(48)49)23-20-31-17-18-32(30(31)3)21-24-39-45(6,7)43-35-16-12-10-14-33(35)19-22-37(43)47(39)28-26-41(50)51/h8-16,19-24,29H,17-18,25-28H2,1-7H3,(H-,48,49,50,51)/p+1/b36-8+,42-34+/t29-/m0/s1. The van der Waals surface area contributed by atoms with Crippen molar-refractivity contribution < 1.29 is 24.4 Å². The molecular weight excluding hydrogens is 633 g/mol. The maximum absolute atomic E-state index is 11.8. The van der Waals surface area contributed by atoms with E-state index < -0.39 is 11.9 Å². The van der Waals surface area contributed by atoms with Gasteiger partial charge >= 0.3 is 11.9 Å². The lowest BCUT2D eigenvalue weighted by atomic mass is 9.75. The van der Waals surface area contributed by atoms with Crippen molar-refractivity contribution in [1.82, 2.24) is 0 Å². The number of allylic oxidation sites excluding steroid dienone is 15. The molecule has 0 saturated heterocycles. The summed E-state index contributed by atoms with van der Waals surface area (Å²) in [6, 6.07) is 12.7. The van der Waals surface area contributed by atoms with Crippen LogP contribution in [-0.2, 0) is 15.0 Å². The van der Waals surface area contributed by atoms with Gasteiger partial charge in [-0.05, 0) is 103 Å². The van der Waals surface area contributed by atoms with Gasteiger partial charge in [0, 0.05) is 35.0 Å². The Kier molecular flexibility index (Phi) is 9.82. The lowest BCUT2D eigenvalue weighted by Crippen LogP contribution is -2.28. The van der Waals surface area contributed by atoms with E-state index in [9.17, 15) is 19.8 Å². The van der Waals surface area contributed by atoms with Crippen molar-refractivity contribution in [2.45, 2.75) is 79.6 Å². The minimum absolute atomic E-state index is 0.0570. The zero-order chi connectivity index (χ0) is 36.7. The molecule has 2 aliphatic heterocycles. The Balaban J connectivity index is 1.37. The highest BCUT2D eigenvalue weighted by Crippen LogP contribution is 2.51. The van der Waals surface area contributed by atoms with Crippen LogP contribution in [0.25, 0.3) is 10.8 Å². The van der Waals surface area contributed by atoms with Crippen LogP contribution >= 0.6 is 0 Å². The number of hydrogen-bond donors (Lipinski definition) is 2. The van der Waals surface area contributed by atoms with Gasteiger partial charge < -0.3 is 15.1 Å². The van der Waals surface area contributed by atoms with Gasteiger partial charge in [-0.2, -0.15) is 4.58 Å². The average Bonchev–Trinajstić information content (AvgIpc) is 3.63. The van der Waals surface area contributed by atoms with E-state index in [1.807, 2.05) is 6.92 Å². The molecule has 0 spiro atoms. The van der Waals surface area contributed by atoms with E-state index in [1.54, 1.807) is 0 Å². The molecule has 2 N–H and O–H groups in total. The van der Waals surface area contributed by atoms with Gasteiger partial charge in [0.2, 0.25) is 5.70 Å². The van der Waals surface area contributed by atoms with Crippen LogP contribution in [0.2, 0.25) is 0 Å². The molecule has 1 atom stereocenters. The van der Waals surface area contributed by atoms with Gasteiger partial charge in [0.1, 0.15) is 6.42 Å². The summed E-state index contributed by atoms with van der Waals surface area (Å²) in [6.07, 6.45) is 21.6. The Morgan fingerprint density at radius 3 is 2.39 bits per heavy atom. The zero-order valence-corrected chi connectivity index (χ0v) is 31.1. The number of aliphatic carboxylic acids is 2. The quantitative estimate of drug-likeness (QED) is 0.257. The number of fused-ring (bicyclic) bond motifs is 3. The van der Waals surface area contributed by atoms with Crippen molar-refractivity contribution in [1.29, 1.82) is 0 Å². The van der Waals surface area contributed by atoms with Crippen LogP contribution in [0.15, 0.2) is 130 Å². The Morgan fingerprint density at radius 1 is 0.941 bits per heavy atom. The smallest absolute Gasteiger partial charge is 0.309 e. The third kappa shape index (κ3) is 6.53. The first-order chi connectivity index (χ1) is 24.3. The lowest BCUT2D eigenvalue weighted by molar-refractivity contribution is -0.467. The maximum Gasteiger partial charge on any atom is 0.309 e. The number of carboxylic acids is 2. The van der Waals surface area contributed by atoms with E-state index >= 15 is 0 Å². The molecule has 6 rings (SSSR count). The summed E-state index contributed by atoms with van der Waals surface area (Å²) < 4.78 is 2.22. The van der Waals surface area contributed by atoms with E-state index in [0.29, 0.717) is 13.1 Å². The molecule has 264 valence electrons. The van der Waals surface area contributed by atoms with Crippen LogP contribution in [-0.4, -0.2) is 45.5 Å². The summed E-state index contributed by atoms with van der Waals surface area (Å²) in [5.41, 5.74) is 11.3. The number of carboxylic acid groups (broad SMARTS) is 2. The van der Waals surface area contributed by atoms with Gasteiger partial charge in [-0.1, -0.05) is 87.6 Å². The highest BCUT2D eigenvalue weighted by molar-refractivity contribution is 6.01. The normalized spacial score (nSPS) is 24.8. The molecule has 0 saturated carbocycles. The summed E-state index contributed by atoms with van der Waals surface area (Å²) in [5, 5.41) is 21.7. The third-order valence-corrected chi connectivity index (χ3v) is 11.3. The Hall–Kier alpha value is -4.97. The molecule has 2 heterocycles. The van der Waals surface area contributed by atoms with E-state index in [1.165, 1.54) is 44.2 Å². The van der Waals surface area contributed by atoms with Gasteiger partial charge in [0.05, 0.1) is 11.8 Å². The maximum atomic E-state index is 11.8. The fraction of sp³-hybridized carbons (Fsp3) is 0.356. The first-order valence-electron chi connectivity index (χ1n) is 18.2. The molecule has 0 bridgehead atoms. The Morgan fingerprint density at radius 2 is 1.69 bits per heavy atom. The van der Waals surface area contributed by atoms with Gasteiger partial charge in [-0.15, -0.1) is 0 Å². The SMILES string of the molecule is C/C=C1\C(=C2\C=CC=C[C@@H]2C)C(C)(C)C(/C=C/C2=C(C)C(=C/C=C3/N(CCC(=O)O)c4ccc5ccccc5c4C3(C)C)/CC2)=[N+]1CCC(=O)O. The second-order valence-electron chi connectivity index (χ2n) is 15.2. The van der Waals surface area contributed by atoms with Crippen molar-refractivity contribution >= 4 is 34.1 Å². The van der Waals surface area contributed by atoms with E-state index in [-0.39, 0.29) is 29.6 Å². The molecule has 0 aromatic heterocycles. The highest BCUT2D eigenvalue weighted by Gasteiger charge is 2.49. The fourth-order valence-electron chi connectivity index (χ4n) is 8.67. The number of rotatable bonds is 9. The molecule has 2 aliphatic carbocycles. The Labute approximate surface area is 302 Å². The van der Waals surface area contributed by atoms with Crippen molar-refractivity contribution in [2.75, 3.05) is 18.0 Å². The summed E-state index contributed by atoms with van der Waals surface area (Å²) in [6.45, 7) is 16.3. The number of benzene rings is 2. The third-order valence-electron chi connectivity index (χ3n) is 11.3. The first-order valence-corrected chi connectivity index (χ1v) is 18.2. The molecule has 2 aromatic rings. The molecule has 0 amide bonds. The molecule has 6 nitrogen and oxygen atoms in total. The zero-order valence-electron chi connectivity index (χ0n) is 31.1. The number of hydrogen-bond acceptors (Lipinski definition) is 3. The molecule has 4 aliphatic rings. The van der Waals surface area contributed by atoms with Crippen molar-refractivity contribution in [3.05, 3.63) is 136 Å². The fourth-order valence-corrected chi connectivity index (χ4v) is 8.67. The predicted octanol–water partition coefficient (Wildman–Crippen LogP) is 9.82. The van der Waals surface area contributed by atoms with E-state index in [2.05, 4.69) is 142 Å². The van der Waals surface area contributed by atoms with Crippen LogP contribution in [0.1, 0.15) is 79.7 Å². The van der Waals surface area contributed by atoms with E-state index in [0.717, 1.165) is 35.6 Å². The van der Waals surface area contributed by atoms with Gasteiger partial charge in [0.25, 0.3) is 0 Å². The largest absolute Gasteiger partial charge is 0.481 e. The first kappa shape index (κ1) is 35.8. The van der Waals surface area contributed by atoms with Crippen LogP contribution in [0.3, 0.4) is 0 Å². The second-order valence-corrected chi connectivity index (χ2v) is 15.2. The minimum Gasteiger partial charge on any atom is -0.481 e. The van der Waals surface area contributed by atoms with Crippen molar-refractivity contribution in [3.8, 4) is 0 Å². The van der Waals surface area contributed by atoms with Crippen LogP contribution in [0.5, 0.6) is 0 Å². The minimum atomic E-state index is -0.804. The van der Waals surface area contributed by atoms with Crippen molar-refractivity contribution in [3.63, 3.8) is 0 Å². The molecule has 0 radical (unpaired) electrons. The number of nitrogens with zero attached hydrogens (tertiary/aromatic N) is 2. The molecule has 51 heavy (non-hydrogen) atoms. The van der Waals surface area contributed by atoms with Gasteiger partial charge in [0.15, 0.2) is 12.3 Å². The summed E-state index contributed by atoms with van der Waals surface area (Å²) in [4.78, 5) is 25.7. The van der Waals surface area contributed by atoms with Crippen LogP contribution in [0, 0.1) is 11.3 Å². The van der Waals surface area contributed by atoms with Gasteiger partial charge in [-0.3, -0.25) is 9.59 Å². The van der Waals surface area contributed by atoms with E-state index in [4.69, 9.17) is 0 Å². The molecule has 0 fully saturated rings. The van der Waals surface area contributed by atoms with Crippen molar-refractivity contribution in [2.24, 2.45) is 11.3 Å². The molecule has 2 aromatic carbocycles. The van der Waals surface area contributed by atoms with Crippen LogP contribution in [0.4, 0.5) is 5.69 Å². The second kappa shape index (κ2) is 14.0. The predicted molar refractivity (Wildman–Crippen MR) is 208 cm³/mol. The Bertz CT molecular complexity index is 2090.